The van der Waals surface area contributed by atoms with Gasteiger partial charge in [0.1, 0.15) is 17.0 Å². The van der Waals surface area contributed by atoms with E-state index in [4.69, 9.17) is 5.73 Å². The lowest BCUT2D eigenvalue weighted by molar-refractivity contribution is 0.0931. The first-order valence-electron chi connectivity index (χ1n) is 10.4. The number of nitrogens with two attached hydrogens (primary N) is 1. The van der Waals surface area contributed by atoms with Gasteiger partial charge in [0, 0.05) is 35.9 Å². The van der Waals surface area contributed by atoms with E-state index >= 15 is 0 Å². The van der Waals surface area contributed by atoms with E-state index in [2.05, 4.69) is 35.5 Å². The van der Waals surface area contributed by atoms with E-state index in [0.717, 1.165) is 22.6 Å². The molecule has 0 aromatic carbocycles. The van der Waals surface area contributed by atoms with E-state index in [0.29, 0.717) is 17.9 Å². The first kappa shape index (κ1) is 20.4. The van der Waals surface area contributed by atoms with E-state index in [1.165, 1.54) is 4.80 Å². The van der Waals surface area contributed by atoms with Gasteiger partial charge in [0.2, 0.25) is 0 Å². The highest BCUT2D eigenvalue weighted by Gasteiger charge is 2.22. The van der Waals surface area contributed by atoms with Gasteiger partial charge in [-0.3, -0.25) is 4.79 Å². The molecule has 0 bridgehead atoms. The average molecular weight is 442 g/mol. The number of aryl methyl sites for hydroxylation is 1. The van der Waals surface area contributed by atoms with Crippen LogP contribution in [0.3, 0.4) is 0 Å². The van der Waals surface area contributed by atoms with Crippen LogP contribution in [-0.2, 0) is 6.54 Å². The van der Waals surface area contributed by atoms with Crippen molar-refractivity contribution in [1.29, 1.82) is 0 Å². The van der Waals surface area contributed by atoms with Gasteiger partial charge in [-0.05, 0) is 38.1 Å². The first-order valence-corrected chi connectivity index (χ1v) is 10.4. The van der Waals surface area contributed by atoms with Crippen molar-refractivity contribution in [2.75, 3.05) is 5.73 Å². The minimum atomic E-state index is -0.418. The molecule has 4 N–H and O–H groups in total. The highest BCUT2D eigenvalue weighted by molar-refractivity contribution is 5.98. The number of nitrogens with zero attached hydrogens (tertiary/aromatic N) is 7. The monoisotopic (exact) mass is 442 g/mol. The highest BCUT2D eigenvalue weighted by atomic mass is 16.2. The second-order valence-corrected chi connectivity index (χ2v) is 7.74. The average Bonchev–Trinajstić information content (AvgIpc) is 3.56. The number of carbonyl (C=O) groups is 1. The zero-order valence-corrected chi connectivity index (χ0v) is 18.1. The number of fused-ring (bicyclic) bond motifs is 1. The van der Waals surface area contributed by atoms with Crippen LogP contribution in [-0.4, -0.2) is 51.3 Å². The summed E-state index contributed by atoms with van der Waals surface area (Å²) in [5, 5.41) is 11.0. The second-order valence-electron chi connectivity index (χ2n) is 7.74. The number of aromatic amines is 1. The Morgan fingerprint density at radius 1 is 1.18 bits per heavy atom. The summed E-state index contributed by atoms with van der Waals surface area (Å²) in [7, 11) is 0. The number of anilines is 1. The fourth-order valence-corrected chi connectivity index (χ4v) is 3.64. The lowest BCUT2D eigenvalue weighted by atomic mass is 10.1. The predicted octanol–water partition coefficient (Wildman–Crippen LogP) is 2.09. The van der Waals surface area contributed by atoms with Gasteiger partial charge in [0.25, 0.3) is 5.91 Å². The third kappa shape index (κ3) is 3.91. The molecule has 0 aliphatic rings. The molecule has 5 heterocycles. The van der Waals surface area contributed by atoms with Gasteiger partial charge in [0.05, 0.1) is 24.6 Å². The van der Waals surface area contributed by atoms with Crippen LogP contribution in [0.5, 0.6) is 0 Å². The van der Waals surface area contributed by atoms with Crippen molar-refractivity contribution >= 4 is 17.4 Å². The van der Waals surface area contributed by atoms with Crippen molar-refractivity contribution in [3.05, 3.63) is 66.6 Å². The minimum absolute atomic E-state index is 0.0464. The van der Waals surface area contributed by atoms with E-state index in [1.807, 2.05) is 48.7 Å². The second kappa shape index (κ2) is 8.19. The molecule has 5 aromatic heterocycles. The zero-order valence-electron chi connectivity index (χ0n) is 18.1. The van der Waals surface area contributed by atoms with Crippen molar-refractivity contribution in [3.63, 3.8) is 0 Å². The topological polar surface area (TPSA) is 145 Å². The summed E-state index contributed by atoms with van der Waals surface area (Å²) in [6.45, 7) is 4.24. The number of hydrogen-bond acceptors (Lipinski definition) is 7. The van der Waals surface area contributed by atoms with E-state index in [1.54, 1.807) is 24.8 Å². The van der Waals surface area contributed by atoms with Gasteiger partial charge in [0.15, 0.2) is 11.5 Å². The SMILES string of the molecule is Cc1cnc2ccc(-c3nc(C(=O)N[C@H](C)Cn4nccn4)c(N)nc3-c3ccc[nH]3)cn12. The maximum Gasteiger partial charge on any atom is 0.274 e. The van der Waals surface area contributed by atoms with Crippen molar-refractivity contribution in [2.45, 2.75) is 26.4 Å². The fourth-order valence-electron chi connectivity index (χ4n) is 3.64. The molecule has 0 unspecified atom stereocenters. The maximum absolute atomic E-state index is 13.0. The first-order chi connectivity index (χ1) is 16.0. The summed E-state index contributed by atoms with van der Waals surface area (Å²) in [4.78, 5) is 31.3. The van der Waals surface area contributed by atoms with Crippen molar-refractivity contribution < 1.29 is 4.79 Å². The van der Waals surface area contributed by atoms with Gasteiger partial charge in [-0.25, -0.2) is 15.0 Å². The van der Waals surface area contributed by atoms with E-state index in [-0.39, 0.29) is 17.6 Å². The Bertz CT molecular complexity index is 1420. The molecule has 11 nitrogen and oxygen atoms in total. The van der Waals surface area contributed by atoms with Crippen LogP contribution >= 0.6 is 0 Å². The molecule has 33 heavy (non-hydrogen) atoms. The Hall–Kier alpha value is -4.54. The van der Waals surface area contributed by atoms with Crippen molar-refractivity contribution in [3.8, 4) is 22.6 Å². The lowest BCUT2D eigenvalue weighted by Gasteiger charge is -2.15. The van der Waals surface area contributed by atoms with Crippen molar-refractivity contribution in [1.82, 2.24) is 44.6 Å². The molecular formula is C22H22N10O. The van der Waals surface area contributed by atoms with E-state index < -0.39 is 5.91 Å². The molecule has 0 fully saturated rings. The normalized spacial score (nSPS) is 12.2. The standard InChI is InChI=1S/C22H22N10O/c1-13(11-32-26-8-9-27-32)28-22(33)20-21(23)30-19(16-4-3-7-24-16)18(29-20)15-5-6-17-25-10-14(2)31(17)12-15/h3-10,12-13,24H,11H2,1-2H3,(H2,23,30)(H,28,33)/t13-/m1/s1. The Morgan fingerprint density at radius 2 is 2.00 bits per heavy atom. The molecule has 0 saturated carbocycles. The molecule has 11 heteroatoms. The number of carbonyl (C=O) groups excluding carboxylic acids is 1. The molecule has 0 aliphatic heterocycles. The molecule has 0 radical (unpaired) electrons. The highest BCUT2D eigenvalue weighted by Crippen LogP contribution is 2.30. The predicted molar refractivity (Wildman–Crippen MR) is 122 cm³/mol. The molecule has 0 spiro atoms. The number of pyridine rings is 1. The van der Waals surface area contributed by atoms with Gasteiger partial charge in [-0.15, -0.1) is 0 Å². The van der Waals surface area contributed by atoms with Crippen LogP contribution in [0.15, 0.2) is 55.2 Å². The number of amides is 1. The summed E-state index contributed by atoms with van der Waals surface area (Å²) in [6.07, 6.45) is 8.70. The largest absolute Gasteiger partial charge is 0.382 e. The molecule has 166 valence electrons. The summed E-state index contributed by atoms with van der Waals surface area (Å²) >= 11 is 0. The van der Waals surface area contributed by atoms with Crippen LogP contribution in [0.2, 0.25) is 0 Å². The van der Waals surface area contributed by atoms with Crippen LogP contribution in [0.4, 0.5) is 5.82 Å². The smallest absolute Gasteiger partial charge is 0.274 e. The molecule has 1 atom stereocenters. The minimum Gasteiger partial charge on any atom is -0.382 e. The maximum atomic E-state index is 13.0. The molecule has 5 aromatic rings. The number of imidazole rings is 1. The third-order valence-electron chi connectivity index (χ3n) is 5.24. The Labute approximate surface area is 188 Å². The summed E-state index contributed by atoms with van der Waals surface area (Å²) < 4.78 is 1.96. The summed E-state index contributed by atoms with van der Waals surface area (Å²) in [5.74, 6) is -0.371. The number of hydrogen-bond donors (Lipinski definition) is 3. The molecule has 5 rings (SSSR count). The molecule has 0 aliphatic carbocycles. The number of nitrogen functional groups attached to an aromatic ring is 1. The lowest BCUT2D eigenvalue weighted by Crippen LogP contribution is -2.37. The van der Waals surface area contributed by atoms with Gasteiger partial charge < -0.3 is 20.4 Å². The van der Waals surface area contributed by atoms with E-state index in [9.17, 15) is 4.79 Å². The quantitative estimate of drug-likeness (QED) is 0.365. The molecule has 1 amide bonds. The number of aromatic nitrogens is 8. The number of rotatable bonds is 6. The Kier molecular flexibility index (Phi) is 5.05. The van der Waals surface area contributed by atoms with Crippen LogP contribution in [0.25, 0.3) is 28.3 Å². The summed E-state index contributed by atoms with van der Waals surface area (Å²) in [6, 6.07) is 7.31. The van der Waals surface area contributed by atoms with Gasteiger partial charge in [-0.1, -0.05) is 0 Å². The van der Waals surface area contributed by atoms with Crippen molar-refractivity contribution in [2.24, 2.45) is 0 Å². The van der Waals surface area contributed by atoms with Crippen LogP contribution in [0, 0.1) is 6.92 Å². The fraction of sp³-hybridized carbons (Fsp3) is 0.182. The Morgan fingerprint density at radius 3 is 2.76 bits per heavy atom. The number of nitrogens with one attached hydrogen (secondary N) is 2. The van der Waals surface area contributed by atoms with Gasteiger partial charge in [-0.2, -0.15) is 15.0 Å². The number of H-pyrrole nitrogens is 1. The summed E-state index contributed by atoms with van der Waals surface area (Å²) in [5.41, 5.74) is 10.7. The molecular weight excluding hydrogens is 420 g/mol. The van der Waals surface area contributed by atoms with Gasteiger partial charge >= 0.3 is 0 Å². The van der Waals surface area contributed by atoms with Crippen LogP contribution in [0.1, 0.15) is 23.1 Å². The Balaban J connectivity index is 1.55. The molecule has 0 saturated heterocycles. The van der Waals surface area contributed by atoms with Crippen LogP contribution < -0.4 is 11.1 Å². The third-order valence-corrected chi connectivity index (χ3v) is 5.24. The zero-order chi connectivity index (χ0) is 22.9.